The molecule has 0 bridgehead atoms. The number of methoxy groups -OCH3 is 1. The lowest BCUT2D eigenvalue weighted by Crippen LogP contribution is -2.29. The Balaban J connectivity index is 2.35. The first-order valence-corrected chi connectivity index (χ1v) is 6.81. The maximum absolute atomic E-state index is 11.0. The van der Waals surface area contributed by atoms with Crippen LogP contribution in [-0.2, 0) is 10.2 Å². The summed E-state index contributed by atoms with van der Waals surface area (Å²) in [4.78, 5) is 11.0. The molecule has 1 aromatic rings. The Kier molecular flexibility index (Phi) is 4.05. The lowest BCUT2D eigenvalue weighted by atomic mass is 9.67. The molecule has 0 unspecified atom stereocenters. The molecule has 0 amide bonds. The van der Waals surface area contributed by atoms with Crippen LogP contribution < -0.4 is 4.74 Å². The minimum atomic E-state index is 0.0804. The summed E-state index contributed by atoms with van der Waals surface area (Å²) in [5.74, 6) is 0.927. The van der Waals surface area contributed by atoms with Gasteiger partial charge in [-0.05, 0) is 37.0 Å². The smallest absolute Gasteiger partial charge is 0.121 e. The van der Waals surface area contributed by atoms with Crippen molar-refractivity contribution in [3.05, 3.63) is 29.3 Å². The van der Waals surface area contributed by atoms with Crippen molar-refractivity contribution in [1.29, 1.82) is 0 Å². The number of hydrogen-bond donors (Lipinski definition) is 0. The molecule has 0 radical (unpaired) electrons. The summed E-state index contributed by atoms with van der Waals surface area (Å²) in [6.07, 6.45) is 7.78. The topological polar surface area (TPSA) is 26.3 Å². The van der Waals surface area contributed by atoms with Crippen LogP contribution in [0.15, 0.2) is 18.2 Å². The number of benzene rings is 1. The Morgan fingerprint density at radius 1 is 1.28 bits per heavy atom. The molecule has 0 heterocycles. The van der Waals surface area contributed by atoms with Crippen molar-refractivity contribution in [2.75, 3.05) is 7.11 Å². The fourth-order valence-electron chi connectivity index (χ4n) is 3.21. The molecule has 0 aliphatic heterocycles. The predicted molar refractivity (Wildman–Crippen MR) is 73.2 cm³/mol. The molecule has 1 aromatic carbocycles. The number of aryl methyl sites for hydroxylation is 1. The van der Waals surface area contributed by atoms with Gasteiger partial charge in [0.15, 0.2) is 0 Å². The van der Waals surface area contributed by atoms with Gasteiger partial charge in [0.05, 0.1) is 7.11 Å². The zero-order chi connectivity index (χ0) is 13.0. The van der Waals surface area contributed by atoms with Crippen molar-refractivity contribution < 1.29 is 9.53 Å². The van der Waals surface area contributed by atoms with Crippen molar-refractivity contribution >= 4 is 6.29 Å². The van der Waals surface area contributed by atoms with Crippen LogP contribution in [0.3, 0.4) is 0 Å². The highest BCUT2D eigenvalue weighted by Gasteiger charge is 2.33. The normalized spacial score (nSPS) is 18.3. The van der Waals surface area contributed by atoms with Crippen molar-refractivity contribution in [2.24, 2.45) is 0 Å². The summed E-state index contributed by atoms with van der Waals surface area (Å²) in [7, 11) is 1.70. The summed E-state index contributed by atoms with van der Waals surface area (Å²) < 4.78 is 5.31. The third-order valence-electron chi connectivity index (χ3n) is 4.29. The van der Waals surface area contributed by atoms with Gasteiger partial charge < -0.3 is 9.53 Å². The predicted octanol–water partition coefficient (Wildman–Crippen LogP) is 3.79. The average Bonchev–Trinajstić information content (AvgIpc) is 2.40. The Morgan fingerprint density at radius 3 is 2.56 bits per heavy atom. The number of rotatable bonds is 4. The van der Waals surface area contributed by atoms with E-state index in [-0.39, 0.29) is 5.41 Å². The van der Waals surface area contributed by atoms with Gasteiger partial charge in [-0.15, -0.1) is 0 Å². The van der Waals surface area contributed by atoms with Crippen molar-refractivity contribution in [3.63, 3.8) is 0 Å². The maximum atomic E-state index is 11.0. The van der Waals surface area contributed by atoms with E-state index in [4.69, 9.17) is 4.74 Å². The molecule has 0 saturated heterocycles. The molecule has 1 aliphatic rings. The van der Waals surface area contributed by atoms with Crippen LogP contribution in [0, 0.1) is 6.92 Å². The van der Waals surface area contributed by atoms with Crippen molar-refractivity contribution in [1.82, 2.24) is 0 Å². The summed E-state index contributed by atoms with van der Waals surface area (Å²) in [6, 6.07) is 6.38. The average molecular weight is 246 g/mol. The van der Waals surface area contributed by atoms with E-state index in [1.54, 1.807) is 7.11 Å². The second-order valence-electron chi connectivity index (χ2n) is 5.40. The molecule has 0 atom stereocenters. The molecule has 1 saturated carbocycles. The highest BCUT2D eigenvalue weighted by Crippen LogP contribution is 2.42. The monoisotopic (exact) mass is 246 g/mol. The van der Waals surface area contributed by atoms with Crippen molar-refractivity contribution in [2.45, 2.75) is 50.9 Å². The molecule has 1 aliphatic carbocycles. The fraction of sp³-hybridized carbons (Fsp3) is 0.562. The number of hydrogen-bond acceptors (Lipinski definition) is 2. The van der Waals surface area contributed by atoms with Gasteiger partial charge in [-0.25, -0.2) is 0 Å². The first kappa shape index (κ1) is 13.1. The van der Waals surface area contributed by atoms with Gasteiger partial charge in [-0.2, -0.15) is 0 Å². The maximum Gasteiger partial charge on any atom is 0.121 e. The fourth-order valence-corrected chi connectivity index (χ4v) is 3.21. The quantitative estimate of drug-likeness (QED) is 0.755. The van der Waals surface area contributed by atoms with E-state index < -0.39 is 0 Å². The van der Waals surface area contributed by atoms with Crippen molar-refractivity contribution in [3.8, 4) is 5.75 Å². The number of aldehydes is 1. The lowest BCUT2D eigenvalue weighted by molar-refractivity contribution is -0.109. The van der Waals surface area contributed by atoms with Gasteiger partial charge >= 0.3 is 0 Å². The van der Waals surface area contributed by atoms with Gasteiger partial charge in [0.25, 0.3) is 0 Å². The second-order valence-corrected chi connectivity index (χ2v) is 5.40. The Morgan fingerprint density at radius 2 is 2.00 bits per heavy atom. The molecule has 2 rings (SSSR count). The first-order chi connectivity index (χ1) is 8.72. The van der Waals surface area contributed by atoms with Gasteiger partial charge in [0.1, 0.15) is 12.0 Å². The summed E-state index contributed by atoms with van der Waals surface area (Å²) in [5.41, 5.74) is 2.55. The molecule has 1 fully saturated rings. The zero-order valence-electron chi connectivity index (χ0n) is 11.4. The highest BCUT2D eigenvalue weighted by molar-refractivity contribution is 5.54. The van der Waals surface area contributed by atoms with E-state index in [0.717, 1.165) is 30.4 Å². The largest absolute Gasteiger partial charge is 0.496 e. The van der Waals surface area contributed by atoms with Crippen LogP contribution in [0.5, 0.6) is 5.75 Å². The second kappa shape index (κ2) is 5.55. The minimum absolute atomic E-state index is 0.0804. The van der Waals surface area contributed by atoms with Gasteiger partial charge in [-0.1, -0.05) is 31.4 Å². The van der Waals surface area contributed by atoms with Crippen LogP contribution >= 0.6 is 0 Å². The SMILES string of the molecule is COc1ccc(C2(CC=O)CCCCC2)cc1C. The number of ether oxygens (including phenoxy) is 1. The molecule has 0 N–H and O–H groups in total. The molecular formula is C16H22O2. The zero-order valence-corrected chi connectivity index (χ0v) is 11.4. The molecular weight excluding hydrogens is 224 g/mol. The van der Waals surface area contributed by atoms with Crippen LogP contribution in [0.4, 0.5) is 0 Å². The van der Waals surface area contributed by atoms with Gasteiger partial charge in [-0.3, -0.25) is 0 Å². The van der Waals surface area contributed by atoms with Crippen LogP contribution in [0.1, 0.15) is 49.7 Å². The molecule has 98 valence electrons. The molecule has 18 heavy (non-hydrogen) atoms. The Labute approximate surface area is 109 Å². The first-order valence-electron chi connectivity index (χ1n) is 6.81. The summed E-state index contributed by atoms with van der Waals surface area (Å²) in [5, 5.41) is 0. The van der Waals surface area contributed by atoms with E-state index in [9.17, 15) is 4.79 Å². The Hall–Kier alpha value is -1.31. The number of carbonyl (C=O) groups is 1. The third kappa shape index (κ3) is 2.43. The van der Waals surface area contributed by atoms with Crippen LogP contribution in [0.25, 0.3) is 0 Å². The van der Waals surface area contributed by atoms with Crippen LogP contribution in [0.2, 0.25) is 0 Å². The van der Waals surface area contributed by atoms with Gasteiger partial charge in [0, 0.05) is 11.8 Å². The molecule has 2 nitrogen and oxygen atoms in total. The molecule has 0 spiro atoms. The third-order valence-corrected chi connectivity index (χ3v) is 4.29. The van der Waals surface area contributed by atoms with E-state index >= 15 is 0 Å². The van der Waals surface area contributed by atoms with E-state index in [1.807, 2.05) is 6.07 Å². The highest BCUT2D eigenvalue weighted by atomic mass is 16.5. The van der Waals surface area contributed by atoms with E-state index in [1.165, 1.54) is 24.8 Å². The van der Waals surface area contributed by atoms with Crippen LogP contribution in [-0.4, -0.2) is 13.4 Å². The lowest BCUT2D eigenvalue weighted by Gasteiger charge is -2.36. The minimum Gasteiger partial charge on any atom is -0.496 e. The molecule has 0 aromatic heterocycles. The summed E-state index contributed by atoms with van der Waals surface area (Å²) >= 11 is 0. The van der Waals surface area contributed by atoms with E-state index in [2.05, 4.69) is 19.1 Å². The summed E-state index contributed by atoms with van der Waals surface area (Å²) in [6.45, 7) is 2.07. The standard InChI is InChI=1S/C16H22O2/c1-13-12-14(6-7-15(13)18-2)16(10-11-17)8-4-3-5-9-16/h6-7,11-12H,3-5,8-10H2,1-2H3. The van der Waals surface area contributed by atoms with Gasteiger partial charge in [0.2, 0.25) is 0 Å². The number of carbonyl (C=O) groups excluding carboxylic acids is 1. The Bertz CT molecular complexity index is 417. The van der Waals surface area contributed by atoms with E-state index in [0.29, 0.717) is 6.42 Å². The molecule has 2 heteroatoms.